The lowest BCUT2D eigenvalue weighted by Crippen LogP contribution is -2.29. The number of carbonyl (C=O) groups is 1. The predicted octanol–water partition coefficient (Wildman–Crippen LogP) is 3.48. The number of aryl methyl sites for hydroxylation is 1. The van der Waals surface area contributed by atoms with E-state index in [1.54, 1.807) is 19.1 Å². The van der Waals surface area contributed by atoms with E-state index in [1.807, 2.05) is 0 Å². The van der Waals surface area contributed by atoms with Gasteiger partial charge in [0.15, 0.2) is 0 Å². The topological polar surface area (TPSA) is 20.3 Å². The van der Waals surface area contributed by atoms with Crippen LogP contribution in [0, 0.1) is 18.6 Å². The van der Waals surface area contributed by atoms with Gasteiger partial charge in [0.2, 0.25) is 0 Å². The van der Waals surface area contributed by atoms with Crippen LogP contribution < -0.4 is 4.90 Å². The van der Waals surface area contributed by atoms with E-state index in [0.29, 0.717) is 18.7 Å². The maximum atomic E-state index is 13.9. The highest BCUT2D eigenvalue weighted by atomic mass is 19.1. The van der Waals surface area contributed by atoms with Crippen LogP contribution >= 0.6 is 0 Å². The molecule has 102 valence electrons. The number of hydrogen-bond acceptors (Lipinski definition) is 1. The fourth-order valence-electron chi connectivity index (χ4n) is 2.50. The zero-order valence-corrected chi connectivity index (χ0v) is 11.0. The highest BCUT2D eigenvalue weighted by Gasteiger charge is 2.27. The molecule has 4 heteroatoms. The minimum atomic E-state index is -0.542. The molecule has 0 spiro atoms. The predicted molar refractivity (Wildman–Crippen MR) is 72.9 cm³/mol. The average molecular weight is 273 g/mol. The Hall–Kier alpha value is -2.23. The monoisotopic (exact) mass is 273 g/mol. The van der Waals surface area contributed by atoms with Crippen molar-refractivity contribution >= 4 is 11.6 Å². The molecule has 0 bridgehead atoms. The average Bonchev–Trinajstić information content (AvgIpc) is 2.81. The Bertz CT molecular complexity index is 697. The third-order valence-electron chi connectivity index (χ3n) is 3.54. The molecule has 0 aliphatic carbocycles. The molecule has 1 amide bonds. The molecule has 20 heavy (non-hydrogen) atoms. The second-order valence-corrected chi connectivity index (χ2v) is 4.96. The number of nitrogens with zero attached hydrogens (tertiary/aromatic N) is 1. The molecule has 1 heterocycles. The van der Waals surface area contributed by atoms with Gasteiger partial charge in [0.25, 0.3) is 5.91 Å². The number of carbonyl (C=O) groups excluding carboxylic acids is 1. The highest BCUT2D eigenvalue weighted by Crippen LogP contribution is 2.30. The van der Waals surface area contributed by atoms with Crippen LogP contribution in [0.1, 0.15) is 21.5 Å². The summed E-state index contributed by atoms with van der Waals surface area (Å²) in [5.74, 6) is -1.36. The summed E-state index contributed by atoms with van der Waals surface area (Å²) >= 11 is 0. The molecule has 2 aromatic carbocycles. The van der Waals surface area contributed by atoms with Gasteiger partial charge < -0.3 is 4.90 Å². The fourth-order valence-corrected chi connectivity index (χ4v) is 2.50. The number of anilines is 1. The lowest BCUT2D eigenvalue weighted by molar-refractivity contribution is 0.0985. The molecule has 0 saturated carbocycles. The van der Waals surface area contributed by atoms with E-state index in [-0.39, 0.29) is 5.56 Å². The summed E-state index contributed by atoms with van der Waals surface area (Å²) in [6.07, 6.45) is 0.662. The largest absolute Gasteiger partial charge is 0.308 e. The summed E-state index contributed by atoms with van der Waals surface area (Å²) in [6.45, 7) is 2.21. The first kappa shape index (κ1) is 12.8. The Kier molecular flexibility index (Phi) is 3.01. The molecule has 1 aliphatic heterocycles. The van der Waals surface area contributed by atoms with Crippen LogP contribution in [-0.4, -0.2) is 12.5 Å². The number of rotatable bonds is 1. The summed E-state index contributed by atoms with van der Waals surface area (Å²) in [5.41, 5.74) is 2.22. The molecule has 3 rings (SSSR count). The van der Waals surface area contributed by atoms with Crippen molar-refractivity contribution in [2.75, 3.05) is 11.4 Å². The van der Waals surface area contributed by atoms with E-state index in [2.05, 4.69) is 0 Å². The Labute approximate surface area is 115 Å². The fraction of sp³-hybridized carbons (Fsp3) is 0.188. The quantitative estimate of drug-likeness (QED) is 0.779. The lowest BCUT2D eigenvalue weighted by Gasteiger charge is -2.18. The number of fused-ring (bicyclic) bond motifs is 1. The number of amides is 1. The molecule has 0 aromatic heterocycles. The molecule has 0 N–H and O–H groups in total. The van der Waals surface area contributed by atoms with Crippen LogP contribution in [0.4, 0.5) is 14.5 Å². The van der Waals surface area contributed by atoms with E-state index >= 15 is 0 Å². The first-order valence-electron chi connectivity index (χ1n) is 6.43. The first-order chi connectivity index (χ1) is 9.56. The van der Waals surface area contributed by atoms with Gasteiger partial charge >= 0.3 is 0 Å². The Morgan fingerprint density at radius 1 is 1.15 bits per heavy atom. The zero-order chi connectivity index (χ0) is 14.3. The van der Waals surface area contributed by atoms with Crippen LogP contribution in [0.25, 0.3) is 0 Å². The van der Waals surface area contributed by atoms with Gasteiger partial charge in [-0.2, -0.15) is 0 Å². The second kappa shape index (κ2) is 4.71. The van der Waals surface area contributed by atoms with Crippen molar-refractivity contribution in [2.45, 2.75) is 13.3 Å². The minimum Gasteiger partial charge on any atom is -0.308 e. The van der Waals surface area contributed by atoms with Gasteiger partial charge in [-0.1, -0.05) is 12.1 Å². The molecular weight excluding hydrogens is 260 g/mol. The normalized spacial score (nSPS) is 13.4. The van der Waals surface area contributed by atoms with Crippen molar-refractivity contribution in [3.8, 4) is 0 Å². The number of hydrogen-bond donors (Lipinski definition) is 0. The third kappa shape index (κ3) is 2.07. The van der Waals surface area contributed by atoms with Crippen molar-refractivity contribution in [1.82, 2.24) is 0 Å². The Balaban J connectivity index is 1.99. The molecule has 0 atom stereocenters. The van der Waals surface area contributed by atoms with Gasteiger partial charge in [-0.25, -0.2) is 8.78 Å². The first-order valence-corrected chi connectivity index (χ1v) is 6.43. The standard InChI is InChI=1S/C16H13F2NO/c1-10-2-5-13(14(18)8-10)16(20)19-7-6-11-3-4-12(17)9-15(11)19/h2-5,8-9H,6-7H2,1H3. The van der Waals surface area contributed by atoms with Gasteiger partial charge in [0.05, 0.1) is 11.3 Å². The summed E-state index contributed by atoms with van der Waals surface area (Å²) in [4.78, 5) is 13.9. The lowest BCUT2D eigenvalue weighted by atomic mass is 10.1. The van der Waals surface area contributed by atoms with E-state index in [0.717, 1.165) is 11.1 Å². The molecule has 0 radical (unpaired) electrons. The summed E-state index contributed by atoms with van der Waals surface area (Å²) in [6, 6.07) is 8.87. The van der Waals surface area contributed by atoms with Crippen LogP contribution in [0.2, 0.25) is 0 Å². The molecule has 0 fully saturated rings. The van der Waals surface area contributed by atoms with E-state index < -0.39 is 17.5 Å². The van der Waals surface area contributed by atoms with Crippen molar-refractivity contribution in [3.63, 3.8) is 0 Å². The number of benzene rings is 2. The third-order valence-corrected chi connectivity index (χ3v) is 3.54. The van der Waals surface area contributed by atoms with Gasteiger partial charge in [-0.3, -0.25) is 4.79 Å². The van der Waals surface area contributed by atoms with E-state index in [9.17, 15) is 13.6 Å². The molecule has 2 nitrogen and oxygen atoms in total. The zero-order valence-electron chi connectivity index (χ0n) is 11.0. The SMILES string of the molecule is Cc1ccc(C(=O)N2CCc3ccc(F)cc32)c(F)c1. The molecule has 1 aliphatic rings. The minimum absolute atomic E-state index is 0.0210. The summed E-state index contributed by atoms with van der Waals surface area (Å²) in [5, 5.41) is 0. The Morgan fingerprint density at radius 3 is 2.70 bits per heavy atom. The van der Waals surface area contributed by atoms with Crippen LogP contribution in [0.3, 0.4) is 0 Å². The van der Waals surface area contributed by atoms with Crippen molar-refractivity contribution in [3.05, 3.63) is 64.7 Å². The van der Waals surface area contributed by atoms with E-state index in [1.165, 1.54) is 29.2 Å². The van der Waals surface area contributed by atoms with Crippen molar-refractivity contribution in [2.24, 2.45) is 0 Å². The van der Waals surface area contributed by atoms with E-state index in [4.69, 9.17) is 0 Å². The molecule has 0 saturated heterocycles. The Morgan fingerprint density at radius 2 is 1.95 bits per heavy atom. The molecule has 0 unspecified atom stereocenters. The highest BCUT2D eigenvalue weighted by molar-refractivity contribution is 6.07. The molecule has 2 aromatic rings. The second-order valence-electron chi connectivity index (χ2n) is 4.96. The van der Waals surface area contributed by atoms with Gasteiger partial charge in [-0.15, -0.1) is 0 Å². The maximum absolute atomic E-state index is 13.9. The van der Waals surface area contributed by atoms with Gasteiger partial charge in [0.1, 0.15) is 11.6 Å². The number of halogens is 2. The van der Waals surface area contributed by atoms with Gasteiger partial charge in [0, 0.05) is 6.54 Å². The van der Waals surface area contributed by atoms with Gasteiger partial charge in [-0.05, 0) is 48.7 Å². The van der Waals surface area contributed by atoms with Crippen molar-refractivity contribution in [1.29, 1.82) is 0 Å². The van der Waals surface area contributed by atoms with Crippen molar-refractivity contribution < 1.29 is 13.6 Å². The smallest absolute Gasteiger partial charge is 0.261 e. The summed E-state index contributed by atoms with van der Waals surface area (Å²) < 4.78 is 27.2. The summed E-state index contributed by atoms with van der Waals surface area (Å²) in [7, 11) is 0. The maximum Gasteiger partial charge on any atom is 0.261 e. The van der Waals surface area contributed by atoms with Crippen LogP contribution in [-0.2, 0) is 6.42 Å². The van der Waals surface area contributed by atoms with Crippen LogP contribution in [0.15, 0.2) is 36.4 Å². The molecular formula is C16H13F2NO. The van der Waals surface area contributed by atoms with Crippen LogP contribution in [0.5, 0.6) is 0 Å².